The van der Waals surface area contributed by atoms with Crippen LogP contribution in [-0.2, 0) is 9.59 Å². The Bertz CT molecular complexity index is 405. The molecular weight excluding hydrogens is 284 g/mol. The van der Waals surface area contributed by atoms with E-state index in [0.717, 1.165) is 25.0 Å². The highest BCUT2D eigenvalue weighted by molar-refractivity contribution is 8.00. The van der Waals surface area contributed by atoms with Gasteiger partial charge in [0, 0.05) is 11.3 Å². The van der Waals surface area contributed by atoms with Crippen molar-refractivity contribution in [2.24, 2.45) is 5.92 Å². The molecule has 0 bridgehead atoms. The minimum atomic E-state index is -0.326. The van der Waals surface area contributed by atoms with Gasteiger partial charge in [0.05, 0.1) is 0 Å². The second kappa shape index (κ2) is 6.59. The summed E-state index contributed by atoms with van der Waals surface area (Å²) in [4.78, 5) is 27.1. The standard InChI is InChI=1S/C16H28N2O2S/c1-5-7-12-15(20)18(10-16(4)8-6-9-21-16)13(11(2)3)14(19)17-12/h11-13H,5-10H2,1-4H3,(H,17,19). The fourth-order valence-electron chi connectivity index (χ4n) is 3.44. The molecule has 2 saturated heterocycles. The highest BCUT2D eigenvalue weighted by Crippen LogP contribution is 2.39. The maximum absolute atomic E-state index is 12.8. The van der Waals surface area contributed by atoms with E-state index in [9.17, 15) is 9.59 Å². The van der Waals surface area contributed by atoms with E-state index >= 15 is 0 Å². The number of thioether (sulfide) groups is 1. The maximum Gasteiger partial charge on any atom is 0.245 e. The van der Waals surface area contributed by atoms with Gasteiger partial charge in [-0.15, -0.1) is 0 Å². The molecule has 5 heteroatoms. The largest absolute Gasteiger partial charge is 0.342 e. The van der Waals surface area contributed by atoms with Gasteiger partial charge in [0.15, 0.2) is 0 Å². The molecule has 0 aromatic rings. The van der Waals surface area contributed by atoms with Gasteiger partial charge in [0.1, 0.15) is 12.1 Å². The molecule has 2 aliphatic rings. The number of nitrogens with one attached hydrogen (secondary N) is 1. The Kier molecular flexibility index (Phi) is 5.23. The molecular formula is C16H28N2O2S. The van der Waals surface area contributed by atoms with Crippen molar-refractivity contribution in [1.82, 2.24) is 10.2 Å². The van der Waals surface area contributed by atoms with E-state index in [1.807, 2.05) is 37.4 Å². The summed E-state index contributed by atoms with van der Waals surface area (Å²) in [5.41, 5.74) is 0. The number of nitrogens with zero attached hydrogens (tertiary/aromatic N) is 1. The lowest BCUT2D eigenvalue weighted by atomic mass is 9.93. The highest BCUT2D eigenvalue weighted by Gasteiger charge is 2.44. The molecule has 1 N–H and O–H groups in total. The summed E-state index contributed by atoms with van der Waals surface area (Å²) in [6.07, 6.45) is 3.98. The van der Waals surface area contributed by atoms with Crippen LogP contribution in [0, 0.1) is 5.92 Å². The second-order valence-electron chi connectivity index (χ2n) is 6.91. The third-order valence-corrected chi connectivity index (χ3v) is 6.04. The summed E-state index contributed by atoms with van der Waals surface area (Å²) < 4.78 is 0.108. The van der Waals surface area contributed by atoms with Crippen LogP contribution in [0.25, 0.3) is 0 Å². The number of amides is 2. The first-order valence-electron chi connectivity index (χ1n) is 8.13. The molecule has 0 spiro atoms. The first kappa shape index (κ1) is 16.7. The molecule has 2 amide bonds. The molecule has 21 heavy (non-hydrogen) atoms. The smallest absolute Gasteiger partial charge is 0.245 e. The molecule has 2 fully saturated rings. The predicted molar refractivity (Wildman–Crippen MR) is 87.3 cm³/mol. The zero-order valence-electron chi connectivity index (χ0n) is 13.6. The molecule has 0 aromatic heterocycles. The summed E-state index contributed by atoms with van der Waals surface area (Å²) in [6, 6.07) is -0.642. The van der Waals surface area contributed by atoms with Crippen molar-refractivity contribution in [2.45, 2.75) is 70.2 Å². The van der Waals surface area contributed by atoms with Crippen LogP contribution < -0.4 is 5.32 Å². The van der Waals surface area contributed by atoms with Crippen molar-refractivity contribution in [2.75, 3.05) is 12.3 Å². The van der Waals surface area contributed by atoms with E-state index in [2.05, 4.69) is 12.2 Å². The number of hydrogen-bond donors (Lipinski definition) is 1. The minimum absolute atomic E-state index is 0.0228. The van der Waals surface area contributed by atoms with Crippen molar-refractivity contribution < 1.29 is 9.59 Å². The molecule has 3 unspecified atom stereocenters. The van der Waals surface area contributed by atoms with Crippen LogP contribution in [0.5, 0.6) is 0 Å². The summed E-state index contributed by atoms with van der Waals surface area (Å²) in [6.45, 7) is 9.03. The number of hydrogen-bond acceptors (Lipinski definition) is 3. The van der Waals surface area contributed by atoms with Gasteiger partial charge in [-0.2, -0.15) is 11.8 Å². The van der Waals surface area contributed by atoms with Crippen molar-refractivity contribution >= 4 is 23.6 Å². The number of carbonyl (C=O) groups is 2. The van der Waals surface area contributed by atoms with Gasteiger partial charge in [-0.3, -0.25) is 9.59 Å². The Hall–Kier alpha value is -0.710. The van der Waals surface area contributed by atoms with Crippen LogP contribution in [-0.4, -0.2) is 45.8 Å². The van der Waals surface area contributed by atoms with E-state index in [-0.39, 0.29) is 34.6 Å². The predicted octanol–water partition coefficient (Wildman–Crippen LogP) is 2.42. The third-order valence-electron chi connectivity index (χ3n) is 4.52. The number of rotatable bonds is 5. The lowest BCUT2D eigenvalue weighted by Crippen LogP contribution is -2.66. The monoisotopic (exact) mass is 312 g/mol. The summed E-state index contributed by atoms with van der Waals surface area (Å²) in [5, 5.41) is 2.93. The Morgan fingerprint density at radius 2 is 2.14 bits per heavy atom. The second-order valence-corrected chi connectivity index (χ2v) is 8.59. The van der Waals surface area contributed by atoms with Gasteiger partial charge >= 0.3 is 0 Å². The molecule has 120 valence electrons. The molecule has 2 heterocycles. The molecule has 3 atom stereocenters. The van der Waals surface area contributed by atoms with Crippen molar-refractivity contribution in [3.8, 4) is 0 Å². The van der Waals surface area contributed by atoms with E-state index in [1.54, 1.807) is 0 Å². The average Bonchev–Trinajstić information content (AvgIpc) is 2.82. The van der Waals surface area contributed by atoms with Crippen LogP contribution in [0.15, 0.2) is 0 Å². The van der Waals surface area contributed by atoms with Crippen LogP contribution >= 0.6 is 11.8 Å². The topological polar surface area (TPSA) is 49.4 Å². The maximum atomic E-state index is 12.8. The minimum Gasteiger partial charge on any atom is -0.342 e. The molecule has 0 aliphatic carbocycles. The first-order chi connectivity index (χ1) is 9.88. The molecule has 0 radical (unpaired) electrons. The van der Waals surface area contributed by atoms with E-state index in [0.29, 0.717) is 6.54 Å². The lowest BCUT2D eigenvalue weighted by Gasteiger charge is -2.44. The SMILES string of the molecule is CCCC1NC(=O)C(C(C)C)N(CC2(C)CCCS2)C1=O. The number of piperazine rings is 1. The Labute approximate surface area is 132 Å². The molecule has 0 saturated carbocycles. The molecule has 2 aliphatic heterocycles. The Morgan fingerprint density at radius 3 is 2.67 bits per heavy atom. The zero-order chi connectivity index (χ0) is 15.6. The van der Waals surface area contributed by atoms with Gasteiger partial charge in [-0.25, -0.2) is 0 Å². The fraction of sp³-hybridized carbons (Fsp3) is 0.875. The van der Waals surface area contributed by atoms with Crippen molar-refractivity contribution in [3.05, 3.63) is 0 Å². The fourth-order valence-corrected chi connectivity index (χ4v) is 4.74. The van der Waals surface area contributed by atoms with Gasteiger partial charge in [-0.1, -0.05) is 27.2 Å². The summed E-state index contributed by atoms with van der Waals surface area (Å²) in [7, 11) is 0. The van der Waals surface area contributed by atoms with Gasteiger partial charge in [0.2, 0.25) is 11.8 Å². The van der Waals surface area contributed by atoms with Crippen molar-refractivity contribution in [1.29, 1.82) is 0 Å². The quantitative estimate of drug-likeness (QED) is 0.848. The van der Waals surface area contributed by atoms with E-state index < -0.39 is 0 Å². The Balaban J connectivity index is 2.21. The zero-order valence-corrected chi connectivity index (χ0v) is 14.5. The van der Waals surface area contributed by atoms with Crippen molar-refractivity contribution in [3.63, 3.8) is 0 Å². The van der Waals surface area contributed by atoms with Gasteiger partial charge in [-0.05, 0) is 37.9 Å². The molecule has 4 nitrogen and oxygen atoms in total. The van der Waals surface area contributed by atoms with E-state index in [4.69, 9.17) is 0 Å². The van der Waals surface area contributed by atoms with Crippen LogP contribution in [0.1, 0.15) is 53.4 Å². The average molecular weight is 312 g/mol. The van der Waals surface area contributed by atoms with Crippen LogP contribution in [0.4, 0.5) is 0 Å². The highest BCUT2D eigenvalue weighted by atomic mass is 32.2. The lowest BCUT2D eigenvalue weighted by molar-refractivity contribution is -0.151. The molecule has 0 aromatic carbocycles. The van der Waals surface area contributed by atoms with Gasteiger partial charge < -0.3 is 10.2 Å². The third kappa shape index (κ3) is 3.55. The van der Waals surface area contributed by atoms with Crippen LogP contribution in [0.3, 0.4) is 0 Å². The van der Waals surface area contributed by atoms with E-state index in [1.165, 1.54) is 6.42 Å². The van der Waals surface area contributed by atoms with Gasteiger partial charge in [0.25, 0.3) is 0 Å². The summed E-state index contributed by atoms with van der Waals surface area (Å²) >= 11 is 1.94. The van der Waals surface area contributed by atoms with Crippen LogP contribution in [0.2, 0.25) is 0 Å². The normalized spacial score (nSPS) is 33.7. The number of carbonyl (C=O) groups excluding carboxylic acids is 2. The first-order valence-corrected chi connectivity index (χ1v) is 9.11. The Morgan fingerprint density at radius 1 is 1.43 bits per heavy atom. The summed E-state index contributed by atoms with van der Waals surface area (Å²) in [5.74, 6) is 1.44. The molecule has 2 rings (SSSR count).